The molecule has 0 aromatic heterocycles. The Kier molecular flexibility index (Phi) is 8.38. The molecule has 0 unspecified atom stereocenters. The molecule has 0 saturated heterocycles. The van der Waals surface area contributed by atoms with Gasteiger partial charge in [-0.25, -0.2) is 0 Å². The van der Waals surface area contributed by atoms with Crippen LogP contribution in [0.15, 0.2) is 176 Å². The van der Waals surface area contributed by atoms with Crippen LogP contribution in [0.25, 0.3) is 22.3 Å². The fraction of sp³-hybridized carbons (Fsp3) is 0.0455. The Morgan fingerprint density at radius 2 is 0.604 bits per heavy atom. The molecule has 0 amide bonds. The van der Waals surface area contributed by atoms with E-state index in [0.29, 0.717) is 0 Å². The molecule has 0 atom stereocenters. The third-order valence-electron chi connectivity index (χ3n) is 8.88. The van der Waals surface area contributed by atoms with Crippen molar-refractivity contribution in [2.75, 3.05) is 11.5 Å². The third kappa shape index (κ3) is 6.51. The Morgan fingerprint density at radius 3 is 0.938 bits per heavy atom. The van der Waals surface area contributed by atoms with Crippen molar-refractivity contribution >= 4 is 11.4 Å². The van der Waals surface area contributed by atoms with Gasteiger partial charge in [0.25, 0.3) is 0 Å². The molecule has 7 rings (SSSR count). The molecule has 0 aliphatic carbocycles. The van der Waals surface area contributed by atoms with Crippen LogP contribution in [-0.2, 0) is 5.41 Å². The van der Waals surface area contributed by atoms with Crippen molar-refractivity contribution in [2.24, 2.45) is 0 Å². The van der Waals surface area contributed by atoms with Gasteiger partial charge in [0, 0.05) is 16.8 Å². The van der Waals surface area contributed by atoms with Gasteiger partial charge in [-0.3, -0.25) is 0 Å². The lowest BCUT2D eigenvalue weighted by atomic mass is 9.71. The van der Waals surface area contributed by atoms with E-state index in [4.69, 9.17) is 20.9 Å². The van der Waals surface area contributed by atoms with E-state index in [0.717, 1.165) is 67.8 Å². The summed E-state index contributed by atoms with van der Waals surface area (Å²) in [6, 6.07) is 59.3. The average Bonchev–Trinajstić information content (AvgIpc) is 3.14. The molecule has 7 aromatic rings. The first-order valence-electron chi connectivity index (χ1n) is 16.0. The summed E-state index contributed by atoms with van der Waals surface area (Å²) in [5.41, 5.74) is 20.8. The lowest BCUT2D eigenvalue weighted by molar-refractivity contribution is 0.481. The first-order valence-corrected chi connectivity index (χ1v) is 16.0. The summed E-state index contributed by atoms with van der Waals surface area (Å²) < 4.78 is 12.5. The maximum atomic E-state index is 6.24. The van der Waals surface area contributed by atoms with Crippen LogP contribution >= 0.6 is 0 Å². The highest BCUT2D eigenvalue weighted by Gasteiger charge is 2.31. The van der Waals surface area contributed by atoms with E-state index in [1.165, 1.54) is 5.56 Å². The molecule has 7 aromatic carbocycles. The standard InChI is InChI=1S/C44H36N2O2/c1-44(35-5-3-2-4-6-35,36-15-27-42(28-16-36)47-40-23-11-33(12-24-40)31-7-19-38(45)20-8-31)37-17-29-43(30-18-37)48-41-25-13-34(14-26-41)32-9-21-39(46)22-10-32/h2-30H,45-46H2,1H3. The Morgan fingerprint density at radius 1 is 0.333 bits per heavy atom. The molecule has 0 saturated carbocycles. The second kappa shape index (κ2) is 13.2. The number of hydrogen-bond donors (Lipinski definition) is 2. The van der Waals surface area contributed by atoms with Crippen molar-refractivity contribution < 1.29 is 9.47 Å². The van der Waals surface area contributed by atoms with Crippen molar-refractivity contribution in [3.63, 3.8) is 0 Å². The Hall–Kier alpha value is -6.26. The van der Waals surface area contributed by atoms with Crippen molar-refractivity contribution in [2.45, 2.75) is 12.3 Å². The minimum Gasteiger partial charge on any atom is -0.457 e. The van der Waals surface area contributed by atoms with Crippen molar-refractivity contribution in [1.29, 1.82) is 0 Å². The molecule has 0 aliphatic rings. The molecule has 0 heterocycles. The molecule has 0 aliphatic heterocycles. The normalized spacial score (nSPS) is 11.2. The van der Waals surface area contributed by atoms with E-state index < -0.39 is 5.41 Å². The third-order valence-corrected chi connectivity index (χ3v) is 8.88. The van der Waals surface area contributed by atoms with E-state index in [2.05, 4.69) is 85.8 Å². The number of nitrogen functional groups attached to an aromatic ring is 2. The lowest BCUT2D eigenvalue weighted by Gasteiger charge is -2.32. The Balaban J connectivity index is 1.09. The lowest BCUT2D eigenvalue weighted by Crippen LogP contribution is -2.25. The van der Waals surface area contributed by atoms with Gasteiger partial charge in [0.15, 0.2) is 0 Å². The summed E-state index contributed by atoms with van der Waals surface area (Å²) in [6.07, 6.45) is 0. The van der Waals surface area contributed by atoms with Crippen LogP contribution in [-0.4, -0.2) is 0 Å². The molecule has 0 bridgehead atoms. The van der Waals surface area contributed by atoms with Crippen LogP contribution < -0.4 is 20.9 Å². The second-order valence-corrected chi connectivity index (χ2v) is 12.0. The highest BCUT2D eigenvalue weighted by atomic mass is 16.5. The van der Waals surface area contributed by atoms with Crippen molar-refractivity contribution in [3.8, 4) is 45.3 Å². The monoisotopic (exact) mass is 624 g/mol. The van der Waals surface area contributed by atoms with E-state index >= 15 is 0 Å². The Labute approximate surface area is 281 Å². The number of ether oxygens (including phenoxy) is 2. The largest absolute Gasteiger partial charge is 0.457 e. The number of hydrogen-bond acceptors (Lipinski definition) is 4. The van der Waals surface area contributed by atoms with Gasteiger partial charge in [-0.05, 0) is 119 Å². The molecule has 4 heteroatoms. The topological polar surface area (TPSA) is 70.5 Å². The second-order valence-electron chi connectivity index (χ2n) is 12.0. The van der Waals surface area contributed by atoms with Gasteiger partial charge >= 0.3 is 0 Å². The summed E-state index contributed by atoms with van der Waals surface area (Å²) in [6.45, 7) is 2.26. The fourth-order valence-corrected chi connectivity index (χ4v) is 6.04. The molecule has 0 fully saturated rings. The van der Waals surface area contributed by atoms with Crippen LogP contribution in [0.4, 0.5) is 11.4 Å². The SMILES string of the molecule is CC(c1ccccc1)(c1ccc(Oc2ccc(-c3ccc(N)cc3)cc2)cc1)c1ccc(Oc2ccc(-c3ccc(N)cc3)cc2)cc1. The van der Waals surface area contributed by atoms with E-state index in [1.807, 2.05) is 97.1 Å². The summed E-state index contributed by atoms with van der Waals surface area (Å²) in [5, 5.41) is 0. The van der Waals surface area contributed by atoms with Gasteiger partial charge in [0.1, 0.15) is 23.0 Å². The minimum absolute atomic E-state index is 0.403. The Bertz CT molecular complexity index is 1950. The van der Waals surface area contributed by atoms with E-state index in [9.17, 15) is 0 Å². The van der Waals surface area contributed by atoms with Crippen LogP contribution in [0.2, 0.25) is 0 Å². The van der Waals surface area contributed by atoms with Crippen LogP contribution in [0.5, 0.6) is 23.0 Å². The number of nitrogens with two attached hydrogens (primary N) is 2. The molecule has 0 radical (unpaired) electrons. The summed E-state index contributed by atoms with van der Waals surface area (Å²) in [4.78, 5) is 0. The zero-order chi connectivity index (χ0) is 32.9. The smallest absolute Gasteiger partial charge is 0.127 e. The zero-order valence-electron chi connectivity index (χ0n) is 26.7. The molecular formula is C44H36N2O2. The van der Waals surface area contributed by atoms with Gasteiger partial charge in [0.2, 0.25) is 0 Å². The molecule has 4 N–H and O–H groups in total. The first-order chi connectivity index (χ1) is 23.4. The summed E-state index contributed by atoms with van der Waals surface area (Å²) >= 11 is 0. The van der Waals surface area contributed by atoms with Gasteiger partial charge in [-0.15, -0.1) is 0 Å². The van der Waals surface area contributed by atoms with Crippen molar-refractivity contribution in [1.82, 2.24) is 0 Å². The summed E-state index contributed by atoms with van der Waals surface area (Å²) in [7, 11) is 0. The van der Waals surface area contributed by atoms with Gasteiger partial charge < -0.3 is 20.9 Å². The number of anilines is 2. The molecule has 48 heavy (non-hydrogen) atoms. The van der Waals surface area contributed by atoms with Crippen LogP contribution in [0.3, 0.4) is 0 Å². The average molecular weight is 625 g/mol. The number of rotatable bonds is 9. The number of benzene rings is 7. The minimum atomic E-state index is -0.403. The molecule has 234 valence electrons. The van der Waals surface area contributed by atoms with Gasteiger partial charge in [-0.1, -0.05) is 103 Å². The van der Waals surface area contributed by atoms with Gasteiger partial charge in [0.05, 0.1) is 0 Å². The fourth-order valence-electron chi connectivity index (χ4n) is 6.04. The van der Waals surface area contributed by atoms with E-state index in [-0.39, 0.29) is 0 Å². The zero-order valence-corrected chi connectivity index (χ0v) is 26.7. The van der Waals surface area contributed by atoms with E-state index in [1.54, 1.807) is 0 Å². The maximum absolute atomic E-state index is 6.24. The predicted molar refractivity (Wildman–Crippen MR) is 198 cm³/mol. The molecular weight excluding hydrogens is 588 g/mol. The first kappa shape index (κ1) is 30.4. The van der Waals surface area contributed by atoms with Crippen molar-refractivity contribution in [3.05, 3.63) is 193 Å². The quantitative estimate of drug-likeness (QED) is 0.124. The van der Waals surface area contributed by atoms with Crippen LogP contribution in [0, 0.1) is 0 Å². The predicted octanol–water partition coefficient (Wildman–Crippen LogP) is 11.1. The molecule has 4 nitrogen and oxygen atoms in total. The summed E-state index contributed by atoms with van der Waals surface area (Å²) in [5.74, 6) is 3.12. The van der Waals surface area contributed by atoms with Crippen LogP contribution in [0.1, 0.15) is 23.6 Å². The van der Waals surface area contributed by atoms with Gasteiger partial charge in [-0.2, -0.15) is 0 Å². The maximum Gasteiger partial charge on any atom is 0.127 e. The molecule has 0 spiro atoms. The highest BCUT2D eigenvalue weighted by molar-refractivity contribution is 5.67. The highest BCUT2D eigenvalue weighted by Crippen LogP contribution is 2.40.